The lowest BCUT2D eigenvalue weighted by Crippen LogP contribution is -1.92. The molecule has 0 saturated heterocycles. The molecule has 0 aliphatic heterocycles. The molecule has 0 aromatic rings. The molecule has 40 valence electrons. The summed E-state index contributed by atoms with van der Waals surface area (Å²) in [6, 6.07) is -1.78. The molecule has 7 heavy (non-hydrogen) atoms. The van der Waals surface area contributed by atoms with Crippen LogP contribution < -0.4 is 0 Å². The zero-order chi connectivity index (χ0) is 5.86. The van der Waals surface area contributed by atoms with Gasteiger partial charge in [0.05, 0.1) is 5.57 Å². The lowest BCUT2D eigenvalue weighted by molar-refractivity contribution is -0.125. The first kappa shape index (κ1) is 6.27. The predicted molar refractivity (Wildman–Crippen MR) is 21.2 cm³/mol. The highest BCUT2D eigenvalue weighted by Crippen LogP contribution is 1.92. The van der Waals surface area contributed by atoms with Gasteiger partial charge >= 0.3 is 6.04 Å². The molecule has 0 unspecified atom stereocenters. The highest BCUT2D eigenvalue weighted by atomic mass is 19.1. The third kappa shape index (κ3) is 2.03. The number of carbonyl (C=O) groups excluding carboxylic acids is 1. The van der Waals surface area contributed by atoms with E-state index < -0.39 is 18.3 Å². The third-order valence-electron chi connectivity index (χ3n) is 0.439. The second-order valence-corrected chi connectivity index (χ2v) is 1.01. The molecule has 0 saturated carbocycles. The Balaban J connectivity index is 3.58. The van der Waals surface area contributed by atoms with Gasteiger partial charge in [0, 0.05) is 0 Å². The van der Waals surface area contributed by atoms with E-state index in [4.69, 9.17) is 0 Å². The van der Waals surface area contributed by atoms with E-state index in [1.807, 2.05) is 0 Å². The molecule has 0 rings (SSSR count). The smallest absolute Gasteiger partial charge is 0.256 e. The van der Waals surface area contributed by atoms with Gasteiger partial charge in [-0.1, -0.05) is 6.58 Å². The average Bonchev–Trinajstić information content (AvgIpc) is 1.65. The fourth-order valence-corrected chi connectivity index (χ4v) is 0.0525. The van der Waals surface area contributed by atoms with Gasteiger partial charge in [0.25, 0.3) is 0 Å². The van der Waals surface area contributed by atoms with Gasteiger partial charge in [0.2, 0.25) is 0 Å². The molecule has 0 radical (unpaired) electrons. The van der Waals surface area contributed by atoms with Crippen molar-refractivity contribution >= 4 is 6.04 Å². The summed E-state index contributed by atoms with van der Waals surface area (Å²) in [7, 11) is 0. The van der Waals surface area contributed by atoms with Gasteiger partial charge in [0.1, 0.15) is 6.67 Å². The first-order valence-electron chi connectivity index (χ1n) is 1.62. The SMILES string of the molecule is C=C(CF)C(=O)F. The molecule has 0 spiro atoms. The Morgan fingerprint density at radius 2 is 2.14 bits per heavy atom. The van der Waals surface area contributed by atoms with Crippen molar-refractivity contribution in [1.29, 1.82) is 0 Å². The van der Waals surface area contributed by atoms with Crippen molar-refractivity contribution in [3.63, 3.8) is 0 Å². The summed E-state index contributed by atoms with van der Waals surface area (Å²) < 4.78 is 22.2. The Bertz CT molecular complexity index is 97.9. The summed E-state index contributed by atoms with van der Waals surface area (Å²) >= 11 is 0. The minimum Gasteiger partial charge on any atom is -0.256 e. The fraction of sp³-hybridized carbons (Fsp3) is 0.250. The lowest BCUT2D eigenvalue weighted by Gasteiger charge is -1.82. The minimum atomic E-state index is -1.78. The summed E-state index contributed by atoms with van der Waals surface area (Å²) in [5.74, 6) is 0. The van der Waals surface area contributed by atoms with E-state index in [1.165, 1.54) is 0 Å². The van der Waals surface area contributed by atoms with Crippen molar-refractivity contribution < 1.29 is 13.6 Å². The predicted octanol–water partition coefficient (Wildman–Crippen LogP) is 1.01. The number of alkyl halides is 1. The molecule has 0 fully saturated rings. The Morgan fingerprint density at radius 3 is 2.14 bits per heavy atom. The number of hydrogen-bond acceptors (Lipinski definition) is 1. The van der Waals surface area contributed by atoms with E-state index in [0.29, 0.717) is 0 Å². The van der Waals surface area contributed by atoms with E-state index in [-0.39, 0.29) is 0 Å². The number of carbonyl (C=O) groups is 1. The van der Waals surface area contributed by atoms with Gasteiger partial charge in [-0.25, -0.2) is 4.39 Å². The van der Waals surface area contributed by atoms with Gasteiger partial charge in [0.15, 0.2) is 0 Å². The van der Waals surface area contributed by atoms with Crippen LogP contribution in [0.3, 0.4) is 0 Å². The van der Waals surface area contributed by atoms with Crippen molar-refractivity contribution in [3.8, 4) is 0 Å². The largest absolute Gasteiger partial charge is 0.330 e. The van der Waals surface area contributed by atoms with Gasteiger partial charge < -0.3 is 0 Å². The fourth-order valence-electron chi connectivity index (χ4n) is 0.0525. The van der Waals surface area contributed by atoms with Crippen LogP contribution in [0.4, 0.5) is 8.78 Å². The van der Waals surface area contributed by atoms with Crippen molar-refractivity contribution in [3.05, 3.63) is 12.2 Å². The highest BCUT2D eigenvalue weighted by Gasteiger charge is 2.00. The quantitative estimate of drug-likeness (QED) is 0.379. The summed E-state index contributed by atoms with van der Waals surface area (Å²) in [5.41, 5.74) is -0.625. The maximum absolute atomic E-state index is 11.1. The van der Waals surface area contributed by atoms with E-state index in [2.05, 4.69) is 6.58 Å². The van der Waals surface area contributed by atoms with Crippen LogP contribution >= 0.6 is 0 Å². The van der Waals surface area contributed by atoms with Gasteiger partial charge in [-0.05, 0) is 0 Å². The van der Waals surface area contributed by atoms with Crippen LogP contribution in [0.5, 0.6) is 0 Å². The number of hydrogen-bond donors (Lipinski definition) is 0. The molecule has 0 N–H and O–H groups in total. The molecule has 0 aliphatic rings. The second-order valence-electron chi connectivity index (χ2n) is 1.01. The molecule has 0 heterocycles. The molecule has 0 bridgehead atoms. The van der Waals surface area contributed by atoms with Crippen LogP contribution in [0.15, 0.2) is 12.2 Å². The van der Waals surface area contributed by atoms with Crippen molar-refractivity contribution in [2.45, 2.75) is 0 Å². The number of rotatable bonds is 2. The van der Waals surface area contributed by atoms with Crippen LogP contribution in [-0.4, -0.2) is 12.7 Å². The Hall–Kier alpha value is -0.730. The molecule has 0 atom stereocenters. The van der Waals surface area contributed by atoms with E-state index in [9.17, 15) is 13.6 Å². The molecule has 0 aromatic heterocycles. The molecule has 0 aliphatic carbocycles. The molecule has 0 aromatic carbocycles. The number of halogens is 2. The number of allylic oxidation sites excluding steroid dienone is 1. The van der Waals surface area contributed by atoms with E-state index >= 15 is 0 Å². The standard InChI is InChI=1S/C4H4F2O/c1-3(2-5)4(6)7/h1-2H2. The Labute approximate surface area is 39.6 Å². The Kier molecular flexibility index (Phi) is 2.19. The van der Waals surface area contributed by atoms with Crippen LogP contribution in [0.25, 0.3) is 0 Å². The van der Waals surface area contributed by atoms with Crippen LogP contribution in [-0.2, 0) is 4.79 Å². The maximum atomic E-state index is 11.1. The Morgan fingerprint density at radius 1 is 1.71 bits per heavy atom. The van der Waals surface area contributed by atoms with Crippen molar-refractivity contribution in [2.75, 3.05) is 6.67 Å². The molecular formula is C4H4F2O. The zero-order valence-electron chi connectivity index (χ0n) is 3.58. The monoisotopic (exact) mass is 106 g/mol. The minimum absolute atomic E-state index is 0.625. The molecule has 1 nitrogen and oxygen atoms in total. The van der Waals surface area contributed by atoms with E-state index in [0.717, 1.165) is 0 Å². The van der Waals surface area contributed by atoms with Crippen LogP contribution in [0.1, 0.15) is 0 Å². The first-order chi connectivity index (χ1) is 3.18. The molecular weight excluding hydrogens is 102 g/mol. The molecule has 0 amide bonds. The zero-order valence-corrected chi connectivity index (χ0v) is 3.58. The van der Waals surface area contributed by atoms with Crippen LogP contribution in [0, 0.1) is 0 Å². The maximum Gasteiger partial charge on any atom is 0.330 e. The summed E-state index contributed by atoms with van der Waals surface area (Å²) in [6.07, 6.45) is 0. The average molecular weight is 106 g/mol. The van der Waals surface area contributed by atoms with Gasteiger partial charge in [-0.3, -0.25) is 4.79 Å². The van der Waals surface area contributed by atoms with Gasteiger partial charge in [-0.2, -0.15) is 4.39 Å². The summed E-state index contributed by atoms with van der Waals surface area (Å²) in [4.78, 5) is 9.37. The molecule has 3 heteroatoms. The second kappa shape index (κ2) is 2.44. The third-order valence-corrected chi connectivity index (χ3v) is 0.439. The van der Waals surface area contributed by atoms with Crippen molar-refractivity contribution in [2.24, 2.45) is 0 Å². The summed E-state index contributed by atoms with van der Waals surface area (Å²) in [5, 5.41) is 0. The summed E-state index contributed by atoms with van der Waals surface area (Å²) in [6.45, 7) is 1.67. The normalized spacial score (nSPS) is 8.29. The van der Waals surface area contributed by atoms with Gasteiger partial charge in [-0.15, -0.1) is 0 Å². The lowest BCUT2D eigenvalue weighted by atomic mass is 10.4. The van der Waals surface area contributed by atoms with Crippen molar-refractivity contribution in [1.82, 2.24) is 0 Å². The first-order valence-corrected chi connectivity index (χ1v) is 1.62. The highest BCUT2D eigenvalue weighted by molar-refractivity contribution is 5.86. The van der Waals surface area contributed by atoms with Crippen LogP contribution in [0.2, 0.25) is 0 Å². The topological polar surface area (TPSA) is 17.1 Å². The van der Waals surface area contributed by atoms with E-state index in [1.54, 1.807) is 0 Å².